The average Bonchev–Trinajstić information content (AvgIpc) is 2.51. The van der Waals surface area contributed by atoms with Crippen molar-refractivity contribution < 1.29 is 4.79 Å². The molecule has 3 rings (SSSR count). The fraction of sp³-hybridized carbons (Fsp3) is 0.250. The maximum atomic E-state index is 12.0. The third-order valence-electron chi connectivity index (χ3n) is 3.73. The molecule has 1 aliphatic rings. The number of hydrogen-bond donors (Lipinski definition) is 2. The van der Waals surface area contributed by atoms with Gasteiger partial charge in [0.15, 0.2) is 0 Å². The van der Waals surface area contributed by atoms with E-state index >= 15 is 0 Å². The van der Waals surface area contributed by atoms with Gasteiger partial charge in [0.25, 0.3) is 5.56 Å². The van der Waals surface area contributed by atoms with E-state index in [-0.39, 0.29) is 17.5 Å². The molecule has 0 aliphatic carbocycles. The Hall–Kier alpha value is -2.96. The van der Waals surface area contributed by atoms with E-state index in [0.29, 0.717) is 18.8 Å². The van der Waals surface area contributed by atoms with Gasteiger partial charge in [0.1, 0.15) is 12.0 Å². The second-order valence-corrected chi connectivity index (χ2v) is 5.46. The van der Waals surface area contributed by atoms with Crippen LogP contribution in [0.5, 0.6) is 0 Å². The van der Waals surface area contributed by atoms with Crippen molar-refractivity contribution in [1.29, 1.82) is 0 Å². The summed E-state index contributed by atoms with van der Waals surface area (Å²) < 4.78 is 0. The van der Waals surface area contributed by atoms with Crippen LogP contribution in [0.4, 0.5) is 5.69 Å². The van der Waals surface area contributed by atoms with Crippen molar-refractivity contribution in [1.82, 2.24) is 19.9 Å². The van der Waals surface area contributed by atoms with Gasteiger partial charge in [-0.1, -0.05) is 6.58 Å². The van der Waals surface area contributed by atoms with Crippen molar-refractivity contribution in [2.24, 2.45) is 0 Å². The first-order valence-corrected chi connectivity index (χ1v) is 7.26. The number of aromatic nitrogens is 3. The van der Waals surface area contributed by atoms with E-state index in [1.165, 1.54) is 12.4 Å². The van der Waals surface area contributed by atoms with E-state index in [0.717, 1.165) is 17.0 Å². The minimum Gasteiger partial charge on any atom is -0.374 e. The van der Waals surface area contributed by atoms with Crippen LogP contribution < -0.4 is 10.9 Å². The van der Waals surface area contributed by atoms with Crippen molar-refractivity contribution in [2.75, 3.05) is 18.4 Å². The van der Waals surface area contributed by atoms with Crippen LogP contribution in [-0.2, 0) is 4.79 Å². The van der Waals surface area contributed by atoms with Crippen LogP contribution in [0.1, 0.15) is 5.69 Å². The number of aryl methyl sites for hydroxylation is 1. The molecule has 2 aromatic rings. The normalized spacial score (nSPS) is 14.2. The predicted octanol–water partition coefficient (Wildman–Crippen LogP) is 0.949. The SMILES string of the molecule is C=CC(=O)N1CC(Nc2cc(-c3cc(C)ncn3)c[nH]c2=O)C1. The zero-order chi connectivity index (χ0) is 16.4. The number of aromatic amines is 1. The van der Waals surface area contributed by atoms with Crippen LogP contribution in [0.15, 0.2) is 42.1 Å². The van der Waals surface area contributed by atoms with E-state index in [1.54, 1.807) is 17.2 Å². The number of nitrogens with zero attached hydrogens (tertiary/aromatic N) is 3. The standard InChI is InChI=1S/C16H17N5O2/c1-3-15(22)21-7-12(8-21)20-14-5-11(6-17-16(14)23)13-4-10(2)18-9-19-13/h3-6,9,12,20H,1,7-8H2,2H3,(H,17,23). The highest BCUT2D eigenvalue weighted by atomic mass is 16.2. The molecule has 1 fully saturated rings. The third-order valence-corrected chi connectivity index (χ3v) is 3.73. The van der Waals surface area contributed by atoms with Crippen LogP contribution in [-0.4, -0.2) is 44.9 Å². The molecule has 1 aliphatic heterocycles. The topological polar surface area (TPSA) is 91.0 Å². The van der Waals surface area contributed by atoms with E-state index < -0.39 is 0 Å². The number of hydrogen-bond acceptors (Lipinski definition) is 5. The summed E-state index contributed by atoms with van der Waals surface area (Å²) in [6.45, 7) is 6.46. The van der Waals surface area contributed by atoms with Crippen molar-refractivity contribution in [3.63, 3.8) is 0 Å². The van der Waals surface area contributed by atoms with Gasteiger partial charge in [-0.05, 0) is 25.1 Å². The Morgan fingerprint density at radius 1 is 1.43 bits per heavy atom. The van der Waals surface area contributed by atoms with E-state index in [4.69, 9.17) is 0 Å². The van der Waals surface area contributed by atoms with Gasteiger partial charge < -0.3 is 15.2 Å². The first-order chi connectivity index (χ1) is 11.1. The Kier molecular flexibility index (Phi) is 3.92. The van der Waals surface area contributed by atoms with Gasteiger partial charge in [0.2, 0.25) is 5.91 Å². The average molecular weight is 311 g/mol. The summed E-state index contributed by atoms with van der Waals surface area (Å²) in [6.07, 6.45) is 4.41. The fourth-order valence-electron chi connectivity index (χ4n) is 2.45. The number of rotatable bonds is 4. The van der Waals surface area contributed by atoms with Crippen LogP contribution in [0, 0.1) is 6.92 Å². The molecule has 3 heterocycles. The second kappa shape index (κ2) is 6.04. The summed E-state index contributed by atoms with van der Waals surface area (Å²) in [5, 5.41) is 3.17. The highest BCUT2D eigenvalue weighted by molar-refractivity contribution is 5.87. The van der Waals surface area contributed by atoms with Crippen LogP contribution in [0.2, 0.25) is 0 Å². The Labute approximate surface area is 133 Å². The summed E-state index contributed by atoms with van der Waals surface area (Å²) in [5.41, 5.74) is 2.67. The summed E-state index contributed by atoms with van der Waals surface area (Å²) in [7, 11) is 0. The molecule has 1 amide bonds. The summed E-state index contributed by atoms with van der Waals surface area (Å²) in [5.74, 6) is -0.0952. The number of likely N-dealkylation sites (tertiary alicyclic amines) is 1. The molecule has 0 aromatic carbocycles. The van der Waals surface area contributed by atoms with Gasteiger partial charge in [-0.2, -0.15) is 0 Å². The van der Waals surface area contributed by atoms with Gasteiger partial charge in [0.05, 0.1) is 11.7 Å². The van der Waals surface area contributed by atoms with Gasteiger partial charge >= 0.3 is 0 Å². The molecule has 1 saturated heterocycles. The van der Waals surface area contributed by atoms with E-state index in [9.17, 15) is 9.59 Å². The van der Waals surface area contributed by atoms with Gasteiger partial charge in [-0.15, -0.1) is 0 Å². The number of nitrogens with one attached hydrogen (secondary N) is 2. The fourth-order valence-corrected chi connectivity index (χ4v) is 2.45. The monoisotopic (exact) mass is 311 g/mol. The Balaban J connectivity index is 1.76. The minimum absolute atomic E-state index is 0.0578. The molecular weight excluding hydrogens is 294 g/mol. The Bertz CT molecular complexity index is 808. The number of anilines is 1. The molecule has 0 atom stereocenters. The third kappa shape index (κ3) is 3.13. The van der Waals surface area contributed by atoms with Gasteiger partial charge in [-0.25, -0.2) is 9.97 Å². The number of carbonyl (C=O) groups excluding carboxylic acids is 1. The molecule has 0 saturated carbocycles. The number of H-pyrrole nitrogens is 1. The molecule has 2 aromatic heterocycles. The highest BCUT2D eigenvalue weighted by Gasteiger charge is 2.29. The number of carbonyl (C=O) groups is 1. The van der Waals surface area contributed by atoms with Gasteiger partial charge in [-0.3, -0.25) is 9.59 Å². The molecule has 0 radical (unpaired) electrons. The lowest BCUT2D eigenvalue weighted by Crippen LogP contribution is -2.56. The molecule has 0 bridgehead atoms. The largest absolute Gasteiger partial charge is 0.374 e. The second-order valence-electron chi connectivity index (χ2n) is 5.46. The maximum Gasteiger partial charge on any atom is 0.271 e. The lowest BCUT2D eigenvalue weighted by Gasteiger charge is -2.39. The first kappa shape index (κ1) is 15.0. The summed E-state index contributed by atoms with van der Waals surface area (Å²) in [4.78, 5) is 36.1. The molecule has 0 spiro atoms. The molecule has 23 heavy (non-hydrogen) atoms. The van der Waals surface area contributed by atoms with Crippen LogP contribution in [0.3, 0.4) is 0 Å². The maximum absolute atomic E-state index is 12.0. The lowest BCUT2D eigenvalue weighted by molar-refractivity contribution is -0.129. The molecule has 7 nitrogen and oxygen atoms in total. The molecule has 118 valence electrons. The Morgan fingerprint density at radius 3 is 2.91 bits per heavy atom. The quantitative estimate of drug-likeness (QED) is 0.820. The number of amides is 1. The smallest absolute Gasteiger partial charge is 0.271 e. The highest BCUT2D eigenvalue weighted by Crippen LogP contribution is 2.19. The predicted molar refractivity (Wildman–Crippen MR) is 87.0 cm³/mol. The van der Waals surface area contributed by atoms with Crippen molar-refractivity contribution in [3.05, 3.63) is 53.4 Å². The van der Waals surface area contributed by atoms with Gasteiger partial charge in [0, 0.05) is 30.5 Å². The van der Waals surface area contributed by atoms with Crippen LogP contribution in [0.25, 0.3) is 11.3 Å². The van der Waals surface area contributed by atoms with E-state index in [2.05, 4.69) is 26.8 Å². The summed E-state index contributed by atoms with van der Waals surface area (Å²) in [6, 6.07) is 3.67. The van der Waals surface area contributed by atoms with Crippen LogP contribution >= 0.6 is 0 Å². The minimum atomic E-state index is -0.201. The number of pyridine rings is 1. The molecule has 0 unspecified atom stereocenters. The summed E-state index contributed by atoms with van der Waals surface area (Å²) >= 11 is 0. The van der Waals surface area contributed by atoms with Crippen molar-refractivity contribution in [2.45, 2.75) is 13.0 Å². The zero-order valence-corrected chi connectivity index (χ0v) is 12.7. The molecule has 2 N–H and O–H groups in total. The lowest BCUT2D eigenvalue weighted by atomic mass is 10.1. The van der Waals surface area contributed by atoms with Crippen molar-refractivity contribution >= 4 is 11.6 Å². The molecule has 7 heteroatoms. The zero-order valence-electron chi connectivity index (χ0n) is 12.7. The van der Waals surface area contributed by atoms with E-state index in [1.807, 2.05) is 13.0 Å². The first-order valence-electron chi connectivity index (χ1n) is 7.26. The molecular formula is C16H17N5O2. The Morgan fingerprint density at radius 2 is 2.22 bits per heavy atom. The van der Waals surface area contributed by atoms with Crippen molar-refractivity contribution in [3.8, 4) is 11.3 Å².